The maximum Gasteiger partial charge on any atom is 0.164 e. The zero-order chi connectivity index (χ0) is 19.1. The normalized spacial score (nSPS) is 51.0. The average molecular weight is 357 g/mol. The van der Waals surface area contributed by atoms with Crippen molar-refractivity contribution in [1.29, 1.82) is 0 Å². The molecule has 2 saturated carbocycles. The molecule has 0 heterocycles. The molecule has 142 valence electrons. The number of ketones is 2. The summed E-state index contributed by atoms with van der Waals surface area (Å²) in [5.41, 5.74) is 0.907. The Bertz CT molecular complexity index is 743. The number of rotatable bonds is 0. The summed E-state index contributed by atoms with van der Waals surface area (Å²) in [6.07, 6.45) is 8.16. The van der Waals surface area contributed by atoms with Gasteiger partial charge in [0, 0.05) is 18.3 Å². The Morgan fingerprint density at radius 2 is 1.81 bits per heavy atom. The fraction of sp³-hybridized carbons (Fsp3) is 0.739. The molecular weight excluding hydrogens is 324 g/mol. The minimum Gasteiger partial charge on any atom is -0.382 e. The molecule has 4 aliphatic rings. The summed E-state index contributed by atoms with van der Waals surface area (Å²) in [5.74, 6) is 1.79. The van der Waals surface area contributed by atoms with E-state index < -0.39 is 5.60 Å². The first-order valence-corrected chi connectivity index (χ1v) is 10.2. The van der Waals surface area contributed by atoms with Crippen molar-refractivity contribution in [2.24, 2.45) is 34.5 Å². The average Bonchev–Trinajstić information content (AvgIpc) is 2.55. The second-order valence-electron chi connectivity index (χ2n) is 10.0. The number of carbonyl (C=O) groups is 2. The molecule has 3 nitrogen and oxygen atoms in total. The monoisotopic (exact) mass is 356 g/mol. The third-order valence-electron chi connectivity index (χ3n) is 9.11. The molecule has 3 heteroatoms. The second-order valence-corrected chi connectivity index (χ2v) is 10.0. The molecule has 0 aromatic heterocycles. The van der Waals surface area contributed by atoms with E-state index in [2.05, 4.69) is 33.8 Å². The third-order valence-corrected chi connectivity index (χ3v) is 9.11. The molecule has 0 aromatic carbocycles. The van der Waals surface area contributed by atoms with E-state index >= 15 is 0 Å². The smallest absolute Gasteiger partial charge is 0.164 e. The highest BCUT2D eigenvalue weighted by Gasteiger charge is 2.63. The van der Waals surface area contributed by atoms with Crippen LogP contribution in [0.15, 0.2) is 23.3 Å². The topological polar surface area (TPSA) is 54.4 Å². The largest absolute Gasteiger partial charge is 0.382 e. The van der Waals surface area contributed by atoms with E-state index in [9.17, 15) is 14.7 Å². The van der Waals surface area contributed by atoms with Crippen molar-refractivity contribution in [1.82, 2.24) is 0 Å². The Morgan fingerprint density at radius 1 is 1.12 bits per heavy atom. The van der Waals surface area contributed by atoms with Crippen molar-refractivity contribution in [3.8, 4) is 0 Å². The van der Waals surface area contributed by atoms with Crippen molar-refractivity contribution in [3.05, 3.63) is 23.3 Å². The number of fused-ring (bicyclic) bond motifs is 5. The lowest BCUT2D eigenvalue weighted by Crippen LogP contribution is -2.63. The summed E-state index contributed by atoms with van der Waals surface area (Å²) in [7, 11) is 0. The quantitative estimate of drug-likeness (QED) is 0.706. The summed E-state index contributed by atoms with van der Waals surface area (Å²) < 4.78 is 0. The predicted molar refractivity (Wildman–Crippen MR) is 101 cm³/mol. The van der Waals surface area contributed by atoms with Gasteiger partial charge in [-0.1, -0.05) is 32.4 Å². The fourth-order valence-electron chi connectivity index (χ4n) is 7.07. The van der Waals surface area contributed by atoms with Crippen LogP contribution in [0.1, 0.15) is 66.7 Å². The van der Waals surface area contributed by atoms with Crippen molar-refractivity contribution < 1.29 is 14.7 Å². The summed E-state index contributed by atoms with van der Waals surface area (Å²) >= 11 is 0. The van der Waals surface area contributed by atoms with Gasteiger partial charge in [0.25, 0.3) is 0 Å². The molecule has 4 rings (SSSR count). The van der Waals surface area contributed by atoms with Crippen LogP contribution in [0.4, 0.5) is 0 Å². The van der Waals surface area contributed by atoms with Crippen LogP contribution in [0.25, 0.3) is 0 Å². The first-order valence-electron chi connectivity index (χ1n) is 10.2. The summed E-state index contributed by atoms with van der Waals surface area (Å²) in [6, 6.07) is 0. The molecule has 26 heavy (non-hydrogen) atoms. The van der Waals surface area contributed by atoms with E-state index in [1.807, 2.05) is 6.08 Å². The number of Topliss-reactive ketones (excluding diaryl/α,β-unsaturated/α-hetero) is 1. The summed E-state index contributed by atoms with van der Waals surface area (Å²) in [5, 5.41) is 11.1. The first-order chi connectivity index (χ1) is 12.0. The van der Waals surface area contributed by atoms with E-state index in [0.29, 0.717) is 36.5 Å². The summed E-state index contributed by atoms with van der Waals surface area (Å²) in [4.78, 5) is 24.7. The Balaban J connectivity index is 1.84. The zero-order valence-electron chi connectivity index (χ0n) is 16.8. The van der Waals surface area contributed by atoms with Crippen LogP contribution in [-0.4, -0.2) is 22.3 Å². The van der Waals surface area contributed by atoms with Crippen LogP contribution in [0.3, 0.4) is 0 Å². The molecule has 1 N–H and O–H groups in total. The molecule has 0 radical (unpaired) electrons. The Hall–Kier alpha value is -1.22. The van der Waals surface area contributed by atoms with Crippen LogP contribution < -0.4 is 0 Å². The van der Waals surface area contributed by atoms with Crippen molar-refractivity contribution in [2.75, 3.05) is 0 Å². The first kappa shape index (κ1) is 18.2. The summed E-state index contributed by atoms with van der Waals surface area (Å²) in [6.45, 7) is 10.6. The maximum atomic E-state index is 12.5. The van der Waals surface area contributed by atoms with Crippen molar-refractivity contribution in [3.63, 3.8) is 0 Å². The van der Waals surface area contributed by atoms with E-state index in [1.165, 1.54) is 11.1 Å². The van der Waals surface area contributed by atoms with Gasteiger partial charge in [0.05, 0.1) is 0 Å². The van der Waals surface area contributed by atoms with E-state index in [4.69, 9.17) is 0 Å². The molecule has 4 aliphatic carbocycles. The van der Waals surface area contributed by atoms with Gasteiger partial charge in [-0.3, -0.25) is 9.59 Å². The molecular formula is C23H32O3. The molecule has 0 spiro atoms. The van der Waals surface area contributed by atoms with Gasteiger partial charge >= 0.3 is 0 Å². The van der Waals surface area contributed by atoms with Gasteiger partial charge in [-0.25, -0.2) is 0 Å². The highest BCUT2D eigenvalue weighted by atomic mass is 16.3. The molecule has 0 bridgehead atoms. The lowest BCUT2D eigenvalue weighted by Gasteiger charge is -2.63. The Labute approximate surface area is 156 Å². The Kier molecular flexibility index (Phi) is 3.77. The third kappa shape index (κ3) is 2.04. The predicted octanol–water partition coefficient (Wildman–Crippen LogP) is 4.25. The number of hydrogen-bond donors (Lipinski definition) is 1. The SMILES string of the molecule is CC1=CC2C(CCC3(C)C2CCC(=O)C3(C)O)C2(C)C1=CC(=O)CC2C. The minimum absolute atomic E-state index is 0.00892. The van der Waals surface area contributed by atoms with Crippen LogP contribution in [0.5, 0.6) is 0 Å². The highest BCUT2D eigenvalue weighted by Crippen LogP contribution is 2.66. The van der Waals surface area contributed by atoms with Crippen molar-refractivity contribution >= 4 is 11.6 Å². The van der Waals surface area contributed by atoms with Crippen LogP contribution >= 0.6 is 0 Å². The lowest BCUT2D eigenvalue weighted by molar-refractivity contribution is -0.183. The van der Waals surface area contributed by atoms with Gasteiger partial charge < -0.3 is 5.11 Å². The number of allylic oxidation sites excluding steroid dienone is 4. The molecule has 2 fully saturated rings. The van der Waals surface area contributed by atoms with Gasteiger partial charge in [0.1, 0.15) is 5.60 Å². The molecule has 0 amide bonds. The van der Waals surface area contributed by atoms with E-state index in [1.54, 1.807) is 6.92 Å². The number of aliphatic hydroxyl groups is 1. The van der Waals surface area contributed by atoms with Gasteiger partial charge in [0.15, 0.2) is 11.6 Å². The molecule has 0 saturated heterocycles. The molecule has 7 atom stereocenters. The van der Waals surface area contributed by atoms with Crippen LogP contribution in [0, 0.1) is 34.5 Å². The standard InChI is InChI=1S/C23H32O3/c1-13-10-16-17-6-7-20(25)23(5,26)21(17,3)9-8-18(16)22(4)14(2)11-15(24)12-19(13)22/h10,12,14,16-18,26H,6-9,11H2,1-5H3. The number of hydrogen-bond acceptors (Lipinski definition) is 3. The molecule has 7 unspecified atom stereocenters. The second kappa shape index (κ2) is 5.41. The fourth-order valence-corrected chi connectivity index (χ4v) is 7.07. The Morgan fingerprint density at radius 3 is 2.50 bits per heavy atom. The van der Waals surface area contributed by atoms with Gasteiger partial charge in [-0.2, -0.15) is 0 Å². The van der Waals surface area contributed by atoms with Crippen molar-refractivity contribution in [2.45, 2.75) is 72.3 Å². The highest BCUT2D eigenvalue weighted by molar-refractivity contribution is 5.93. The molecule has 0 aromatic rings. The van der Waals surface area contributed by atoms with Gasteiger partial charge in [-0.15, -0.1) is 0 Å². The number of carbonyl (C=O) groups excluding carboxylic acids is 2. The zero-order valence-corrected chi connectivity index (χ0v) is 16.8. The minimum atomic E-state index is -1.23. The van der Waals surface area contributed by atoms with Gasteiger partial charge in [-0.05, 0) is 73.8 Å². The maximum absolute atomic E-state index is 12.5. The lowest BCUT2D eigenvalue weighted by atomic mass is 9.42. The van der Waals surface area contributed by atoms with E-state index in [-0.39, 0.29) is 22.4 Å². The van der Waals surface area contributed by atoms with Crippen LogP contribution in [-0.2, 0) is 9.59 Å². The molecule has 0 aliphatic heterocycles. The van der Waals surface area contributed by atoms with Crippen LogP contribution in [0.2, 0.25) is 0 Å². The van der Waals surface area contributed by atoms with Gasteiger partial charge in [0.2, 0.25) is 0 Å². The van der Waals surface area contributed by atoms with E-state index in [0.717, 1.165) is 19.3 Å².